The molecule has 0 heterocycles. The van der Waals surface area contributed by atoms with Crippen molar-refractivity contribution in [1.29, 1.82) is 0 Å². The predicted molar refractivity (Wildman–Crippen MR) is 39.5 cm³/mol. The van der Waals surface area contributed by atoms with Crippen LogP contribution >= 0.6 is 25.8 Å². The Hall–Kier alpha value is 0.650. The quantitative estimate of drug-likeness (QED) is 0.488. The first kappa shape index (κ1) is 9.82. The zero-order valence-electron chi connectivity index (χ0n) is 4.16. The first-order valence-electron chi connectivity index (χ1n) is 1.51. The lowest BCUT2D eigenvalue weighted by Crippen LogP contribution is -1.48. The van der Waals surface area contributed by atoms with E-state index in [-0.39, 0.29) is 9.90 Å². The highest BCUT2D eigenvalue weighted by Gasteiger charge is 1.62. The molecule has 1 unspecified atom stereocenters. The van der Waals surface area contributed by atoms with Crippen LogP contribution in [0, 0.1) is 0 Å². The van der Waals surface area contributed by atoms with Crippen molar-refractivity contribution in [3.63, 3.8) is 0 Å². The third-order valence-electron chi connectivity index (χ3n) is 0.218. The fourth-order valence-electron chi connectivity index (χ4n) is 0. The zero-order chi connectivity index (χ0) is 4.28. The molecule has 1 atom stereocenters. The first-order valence-corrected chi connectivity index (χ1v) is 2.42. The smallest absolute Gasteiger partial charge is 0.0202 e. The van der Waals surface area contributed by atoms with E-state index in [0.717, 1.165) is 0 Å². The number of hydrogen-bond acceptors (Lipinski definition) is 0. The van der Waals surface area contributed by atoms with Gasteiger partial charge in [-0.25, -0.2) is 0 Å². The molecule has 0 nitrogen and oxygen atoms in total. The van der Waals surface area contributed by atoms with Crippen molar-refractivity contribution in [1.82, 2.24) is 0 Å². The largest absolute Gasteiger partial charge is 0.153 e. The topological polar surface area (TPSA) is 0 Å². The van der Waals surface area contributed by atoms with Gasteiger partial charge in [0.05, 0.1) is 0 Å². The Morgan fingerprint density at radius 2 is 1.67 bits per heavy atom. The van der Waals surface area contributed by atoms with E-state index in [1.54, 1.807) is 0 Å². The van der Waals surface area contributed by atoms with Gasteiger partial charge < -0.3 is 0 Å². The van der Waals surface area contributed by atoms with Crippen LogP contribution in [0.15, 0.2) is 10.6 Å². The van der Waals surface area contributed by atoms with Gasteiger partial charge in [-0.1, -0.05) is 21.5 Å². The number of halogens is 1. The summed E-state index contributed by atoms with van der Waals surface area (Å²) >= 11 is 3.15. The van der Waals surface area contributed by atoms with Crippen LogP contribution in [0.2, 0.25) is 0 Å². The molecule has 0 aromatic heterocycles. The third kappa shape index (κ3) is 8.82. The van der Waals surface area contributed by atoms with Crippen LogP contribution in [0.1, 0.15) is 13.8 Å². The minimum atomic E-state index is 0. The van der Waals surface area contributed by atoms with Crippen LogP contribution in [0.3, 0.4) is 0 Å². The maximum Gasteiger partial charge on any atom is -0.0202 e. The molecule has 0 radical (unpaired) electrons. The highest BCUT2D eigenvalue weighted by atomic mass is 79.9. The zero-order valence-corrected chi connectivity index (χ0v) is 7.16. The van der Waals surface area contributed by atoms with Crippen molar-refractivity contribution in [3.8, 4) is 0 Å². The summed E-state index contributed by atoms with van der Waals surface area (Å²) < 4.78 is 0. The fourth-order valence-corrected chi connectivity index (χ4v) is 0. The first-order chi connectivity index (χ1) is 2.27. The van der Waals surface area contributed by atoms with E-state index in [1.807, 2.05) is 18.8 Å². The number of hydrogen-bond donors (Lipinski definition) is 0. The average molecular weight is 169 g/mol. The van der Waals surface area contributed by atoms with Crippen LogP contribution in [-0.2, 0) is 0 Å². The van der Waals surface area contributed by atoms with Crippen molar-refractivity contribution < 1.29 is 0 Å². The Morgan fingerprint density at radius 3 is 1.67 bits per heavy atom. The maximum absolute atomic E-state index is 3.15. The van der Waals surface area contributed by atoms with Crippen molar-refractivity contribution in [3.05, 3.63) is 10.6 Å². The molecule has 0 aliphatic carbocycles. The normalized spacial score (nSPS) is 5.83. The summed E-state index contributed by atoms with van der Waals surface area (Å²) in [5, 5.41) is 0. The van der Waals surface area contributed by atoms with Crippen molar-refractivity contribution in [2.75, 3.05) is 0 Å². The molecule has 6 heavy (non-hydrogen) atoms. The standard InChI is InChI=1S/C4H7Br.H3P/c1-4(2)3-5;/h3H,1-2H3;1H3. The molecule has 0 spiro atoms. The summed E-state index contributed by atoms with van der Waals surface area (Å²) in [7, 11) is 0. The second kappa shape index (κ2) is 5.65. The van der Waals surface area contributed by atoms with Crippen molar-refractivity contribution in [2.45, 2.75) is 13.8 Å². The molecule has 0 N–H and O–H groups in total. The van der Waals surface area contributed by atoms with Gasteiger partial charge in [0.25, 0.3) is 0 Å². The van der Waals surface area contributed by atoms with E-state index in [4.69, 9.17) is 0 Å². The van der Waals surface area contributed by atoms with E-state index < -0.39 is 0 Å². The summed E-state index contributed by atoms with van der Waals surface area (Å²) in [5.74, 6) is 0. The molecule has 0 fully saturated rings. The third-order valence-corrected chi connectivity index (χ3v) is 1.13. The molecule has 0 aliphatic heterocycles. The predicted octanol–water partition coefficient (Wildman–Crippen LogP) is 2.36. The SMILES string of the molecule is CC(C)=CBr.P. The van der Waals surface area contributed by atoms with Crippen molar-refractivity contribution in [2.24, 2.45) is 0 Å². The minimum Gasteiger partial charge on any atom is -0.153 e. The summed E-state index contributed by atoms with van der Waals surface area (Å²) in [5.41, 5.74) is 1.30. The average Bonchev–Trinajstić information content (AvgIpc) is 1.38. The molecular formula is C4H10BrP. The molecule has 0 saturated carbocycles. The lowest BCUT2D eigenvalue weighted by molar-refractivity contribution is 1.42. The molecule has 0 saturated heterocycles. The van der Waals surface area contributed by atoms with Gasteiger partial charge in [0.1, 0.15) is 0 Å². The van der Waals surface area contributed by atoms with Gasteiger partial charge in [-0.2, -0.15) is 9.90 Å². The molecule has 0 aliphatic rings. The van der Waals surface area contributed by atoms with E-state index >= 15 is 0 Å². The van der Waals surface area contributed by atoms with Gasteiger partial charge in [-0.05, 0) is 18.8 Å². The van der Waals surface area contributed by atoms with E-state index in [9.17, 15) is 0 Å². The van der Waals surface area contributed by atoms with Gasteiger partial charge >= 0.3 is 0 Å². The van der Waals surface area contributed by atoms with Crippen LogP contribution in [0.25, 0.3) is 0 Å². The Morgan fingerprint density at radius 1 is 1.50 bits per heavy atom. The second-order valence-electron chi connectivity index (χ2n) is 1.19. The van der Waals surface area contributed by atoms with Crippen LogP contribution in [0.4, 0.5) is 0 Å². The molecule has 0 bridgehead atoms. The lowest BCUT2D eigenvalue weighted by Gasteiger charge is -1.72. The van der Waals surface area contributed by atoms with Gasteiger partial charge in [0, 0.05) is 0 Å². The van der Waals surface area contributed by atoms with Crippen molar-refractivity contribution >= 4 is 25.8 Å². The van der Waals surface area contributed by atoms with E-state index in [2.05, 4.69) is 15.9 Å². The van der Waals surface area contributed by atoms with E-state index in [0.29, 0.717) is 0 Å². The summed E-state index contributed by atoms with van der Waals surface area (Å²) in [6.07, 6.45) is 0. The molecule has 0 amide bonds. The highest BCUT2D eigenvalue weighted by Crippen LogP contribution is 1.91. The second-order valence-corrected chi connectivity index (χ2v) is 1.64. The molecule has 2 heteroatoms. The Labute approximate surface area is 50.8 Å². The van der Waals surface area contributed by atoms with Gasteiger partial charge in [0.2, 0.25) is 0 Å². The number of allylic oxidation sites excluding steroid dienone is 1. The Bertz CT molecular complexity index is 45.5. The van der Waals surface area contributed by atoms with Crippen LogP contribution in [0.5, 0.6) is 0 Å². The molecule has 0 aromatic rings. The molecule has 0 rings (SSSR count). The number of rotatable bonds is 0. The summed E-state index contributed by atoms with van der Waals surface area (Å²) in [6, 6.07) is 0. The monoisotopic (exact) mass is 168 g/mol. The van der Waals surface area contributed by atoms with Crippen LogP contribution in [-0.4, -0.2) is 0 Å². The van der Waals surface area contributed by atoms with Gasteiger partial charge in [-0.3, -0.25) is 0 Å². The fraction of sp³-hybridized carbons (Fsp3) is 0.500. The summed E-state index contributed by atoms with van der Waals surface area (Å²) in [6.45, 7) is 4.07. The molecule has 0 aromatic carbocycles. The lowest BCUT2D eigenvalue weighted by atomic mass is 10.4. The Balaban J connectivity index is 0. The summed E-state index contributed by atoms with van der Waals surface area (Å²) in [4.78, 5) is 1.90. The molecule has 38 valence electrons. The maximum atomic E-state index is 3.15. The Kier molecular flexibility index (Phi) is 9.25. The minimum absolute atomic E-state index is 0. The van der Waals surface area contributed by atoms with Gasteiger partial charge in [-0.15, -0.1) is 0 Å². The molecular weight excluding hydrogens is 159 g/mol. The van der Waals surface area contributed by atoms with E-state index in [1.165, 1.54) is 5.57 Å². The van der Waals surface area contributed by atoms with Crippen LogP contribution < -0.4 is 0 Å². The highest BCUT2D eigenvalue weighted by molar-refractivity contribution is 9.11. The van der Waals surface area contributed by atoms with Gasteiger partial charge in [0.15, 0.2) is 0 Å².